The Labute approximate surface area is 110 Å². The fourth-order valence-electron chi connectivity index (χ4n) is 1.71. The highest BCUT2D eigenvalue weighted by atomic mass is 35.5. The number of aromatic nitrogens is 2. The molecule has 1 N–H and O–H groups in total. The van der Waals surface area contributed by atoms with Crippen molar-refractivity contribution in [2.75, 3.05) is 0 Å². The lowest BCUT2D eigenvalue weighted by molar-refractivity contribution is -0.136. The van der Waals surface area contributed by atoms with Crippen LogP contribution in [-0.4, -0.2) is 20.9 Å². The normalized spacial score (nSPS) is 10.6. The fraction of sp³-hybridized carbons (Fsp3) is 0.231. The number of aliphatic carboxylic acids is 1. The van der Waals surface area contributed by atoms with Gasteiger partial charge in [0.25, 0.3) is 0 Å². The van der Waals surface area contributed by atoms with E-state index in [1.807, 2.05) is 37.4 Å². The van der Waals surface area contributed by atoms with Crippen molar-refractivity contribution in [1.82, 2.24) is 9.78 Å². The number of nitrogens with zero attached hydrogens (tertiary/aromatic N) is 2. The molecule has 1 heterocycles. The smallest absolute Gasteiger partial charge is 0.303 e. The highest BCUT2D eigenvalue weighted by Gasteiger charge is 2.07. The van der Waals surface area contributed by atoms with E-state index in [2.05, 4.69) is 5.10 Å². The molecule has 0 radical (unpaired) electrons. The van der Waals surface area contributed by atoms with Crippen LogP contribution in [0.1, 0.15) is 17.7 Å². The van der Waals surface area contributed by atoms with Crippen molar-refractivity contribution in [1.29, 1.82) is 0 Å². The van der Waals surface area contributed by atoms with Crippen LogP contribution in [0.25, 0.3) is 5.69 Å². The Morgan fingerprint density at radius 2 is 2.22 bits per heavy atom. The first-order valence-electron chi connectivity index (χ1n) is 5.60. The maximum absolute atomic E-state index is 10.5. The maximum atomic E-state index is 10.5. The van der Waals surface area contributed by atoms with Gasteiger partial charge in [-0.25, -0.2) is 4.68 Å². The third kappa shape index (κ3) is 2.71. The molecule has 0 unspecified atom stereocenters. The molecule has 2 aromatic rings. The van der Waals surface area contributed by atoms with Gasteiger partial charge in [0.1, 0.15) is 0 Å². The van der Waals surface area contributed by atoms with E-state index in [9.17, 15) is 4.79 Å². The van der Waals surface area contributed by atoms with Crippen LogP contribution in [0.3, 0.4) is 0 Å². The molecule has 1 aromatic carbocycles. The highest BCUT2D eigenvalue weighted by Crippen LogP contribution is 2.21. The van der Waals surface area contributed by atoms with Gasteiger partial charge >= 0.3 is 5.97 Å². The molecular formula is C13H13ClN2O2. The lowest BCUT2D eigenvalue weighted by atomic mass is 10.2. The molecule has 0 fully saturated rings. The number of aryl methyl sites for hydroxylation is 1. The van der Waals surface area contributed by atoms with Gasteiger partial charge in [0.2, 0.25) is 0 Å². The number of rotatable bonds is 4. The van der Waals surface area contributed by atoms with E-state index in [-0.39, 0.29) is 6.42 Å². The highest BCUT2D eigenvalue weighted by molar-refractivity contribution is 6.31. The second-order valence-electron chi connectivity index (χ2n) is 4.03. The molecule has 0 amide bonds. The number of hydrogen-bond acceptors (Lipinski definition) is 2. The van der Waals surface area contributed by atoms with Crippen LogP contribution in [0.4, 0.5) is 0 Å². The Morgan fingerprint density at radius 3 is 2.94 bits per heavy atom. The minimum Gasteiger partial charge on any atom is -0.481 e. The topological polar surface area (TPSA) is 55.1 Å². The summed E-state index contributed by atoms with van der Waals surface area (Å²) in [5.74, 6) is -0.816. The molecule has 0 atom stereocenters. The first-order chi connectivity index (χ1) is 8.58. The molecule has 0 bridgehead atoms. The molecule has 18 heavy (non-hydrogen) atoms. The van der Waals surface area contributed by atoms with Crippen molar-refractivity contribution in [2.24, 2.45) is 0 Å². The lowest BCUT2D eigenvalue weighted by Crippen LogP contribution is -2.01. The molecule has 5 heteroatoms. The van der Waals surface area contributed by atoms with Gasteiger partial charge in [-0.05, 0) is 30.7 Å². The van der Waals surface area contributed by atoms with Crippen LogP contribution in [-0.2, 0) is 11.2 Å². The monoisotopic (exact) mass is 264 g/mol. The Balaban J connectivity index is 2.24. The summed E-state index contributed by atoms with van der Waals surface area (Å²) in [6, 6.07) is 7.44. The first kappa shape index (κ1) is 12.6. The number of carboxylic acids is 1. The Morgan fingerprint density at radius 1 is 1.44 bits per heavy atom. The largest absolute Gasteiger partial charge is 0.481 e. The summed E-state index contributed by atoms with van der Waals surface area (Å²) in [5.41, 5.74) is 2.62. The molecule has 0 aliphatic rings. The summed E-state index contributed by atoms with van der Waals surface area (Å²) < 4.78 is 1.72. The van der Waals surface area contributed by atoms with Gasteiger partial charge in [-0.3, -0.25) is 4.79 Å². The summed E-state index contributed by atoms with van der Waals surface area (Å²) in [6.45, 7) is 1.93. The standard InChI is InChI=1S/C13H13ClN2O2/c1-9-11(14)3-2-4-12(9)16-8-7-10(15-16)5-6-13(17)18/h2-4,7-8H,5-6H2,1H3,(H,17,18). The zero-order valence-electron chi connectivity index (χ0n) is 9.93. The molecule has 0 saturated carbocycles. The van der Waals surface area contributed by atoms with E-state index in [4.69, 9.17) is 16.7 Å². The summed E-state index contributed by atoms with van der Waals surface area (Å²) in [6.07, 6.45) is 2.34. The summed E-state index contributed by atoms with van der Waals surface area (Å²) >= 11 is 6.05. The van der Waals surface area contributed by atoms with E-state index < -0.39 is 5.97 Å². The molecule has 0 saturated heterocycles. The van der Waals surface area contributed by atoms with Gasteiger partial charge in [0.15, 0.2) is 0 Å². The second kappa shape index (κ2) is 5.23. The second-order valence-corrected chi connectivity index (χ2v) is 4.44. The SMILES string of the molecule is Cc1c(Cl)cccc1-n1ccc(CCC(=O)O)n1. The van der Waals surface area contributed by atoms with Crippen LogP contribution in [0.2, 0.25) is 5.02 Å². The minimum atomic E-state index is -0.816. The Kier molecular flexibility index (Phi) is 3.67. The van der Waals surface area contributed by atoms with Gasteiger partial charge in [-0.2, -0.15) is 5.10 Å². The lowest BCUT2D eigenvalue weighted by Gasteiger charge is -2.06. The predicted molar refractivity (Wildman–Crippen MR) is 69.3 cm³/mol. The number of halogens is 1. The van der Waals surface area contributed by atoms with Gasteiger partial charge in [0.05, 0.1) is 17.8 Å². The third-order valence-electron chi connectivity index (χ3n) is 2.73. The van der Waals surface area contributed by atoms with Gasteiger partial charge in [0, 0.05) is 17.6 Å². The van der Waals surface area contributed by atoms with Crippen LogP contribution >= 0.6 is 11.6 Å². The van der Waals surface area contributed by atoms with E-state index in [1.54, 1.807) is 4.68 Å². The quantitative estimate of drug-likeness (QED) is 0.924. The average Bonchev–Trinajstić information content (AvgIpc) is 2.78. The van der Waals surface area contributed by atoms with Crippen LogP contribution < -0.4 is 0 Å². The van der Waals surface area contributed by atoms with E-state index in [1.165, 1.54) is 0 Å². The zero-order valence-corrected chi connectivity index (χ0v) is 10.7. The molecule has 2 rings (SSSR count). The predicted octanol–water partition coefficient (Wildman–Crippen LogP) is 2.85. The molecule has 94 valence electrons. The van der Waals surface area contributed by atoms with Gasteiger partial charge in [-0.15, -0.1) is 0 Å². The van der Waals surface area contributed by atoms with Crippen molar-refractivity contribution >= 4 is 17.6 Å². The minimum absolute atomic E-state index is 0.0888. The average molecular weight is 265 g/mol. The number of hydrogen-bond donors (Lipinski definition) is 1. The Bertz CT molecular complexity index is 578. The van der Waals surface area contributed by atoms with E-state index in [0.29, 0.717) is 11.4 Å². The zero-order chi connectivity index (χ0) is 13.1. The van der Waals surface area contributed by atoms with Crippen LogP contribution in [0.5, 0.6) is 0 Å². The molecule has 4 nitrogen and oxygen atoms in total. The van der Waals surface area contributed by atoms with Crippen molar-refractivity contribution in [3.8, 4) is 5.69 Å². The molecule has 0 aliphatic heterocycles. The summed E-state index contributed by atoms with van der Waals surface area (Å²) in [7, 11) is 0. The molecule has 1 aromatic heterocycles. The van der Waals surface area contributed by atoms with E-state index in [0.717, 1.165) is 16.9 Å². The van der Waals surface area contributed by atoms with E-state index >= 15 is 0 Å². The van der Waals surface area contributed by atoms with Crippen LogP contribution in [0.15, 0.2) is 30.5 Å². The van der Waals surface area contributed by atoms with Crippen molar-refractivity contribution < 1.29 is 9.90 Å². The van der Waals surface area contributed by atoms with Crippen LogP contribution in [0, 0.1) is 6.92 Å². The fourth-order valence-corrected chi connectivity index (χ4v) is 1.88. The van der Waals surface area contributed by atoms with Crippen molar-refractivity contribution in [2.45, 2.75) is 19.8 Å². The summed E-state index contributed by atoms with van der Waals surface area (Å²) in [4.78, 5) is 10.5. The Hall–Kier alpha value is -1.81. The maximum Gasteiger partial charge on any atom is 0.303 e. The third-order valence-corrected chi connectivity index (χ3v) is 3.13. The van der Waals surface area contributed by atoms with Crippen molar-refractivity contribution in [3.63, 3.8) is 0 Å². The molecule has 0 spiro atoms. The van der Waals surface area contributed by atoms with Crippen molar-refractivity contribution in [3.05, 3.63) is 46.7 Å². The molecular weight excluding hydrogens is 252 g/mol. The van der Waals surface area contributed by atoms with Gasteiger partial charge < -0.3 is 5.11 Å². The molecule has 0 aliphatic carbocycles. The number of carbonyl (C=O) groups is 1. The number of carboxylic acid groups (broad SMARTS) is 1. The first-order valence-corrected chi connectivity index (χ1v) is 5.97. The van der Waals surface area contributed by atoms with Gasteiger partial charge in [-0.1, -0.05) is 17.7 Å². The summed E-state index contributed by atoms with van der Waals surface area (Å²) in [5, 5.41) is 13.7. The number of benzene rings is 1.